The van der Waals surface area contributed by atoms with Gasteiger partial charge in [-0.15, -0.1) is 0 Å². The Hall–Kier alpha value is -2.36. The first-order valence-electron chi connectivity index (χ1n) is 5.39. The third-order valence-electron chi connectivity index (χ3n) is 2.80. The molecular formula is C14H12O4. The average molecular weight is 244 g/mol. The van der Waals surface area contributed by atoms with E-state index in [1.165, 1.54) is 13.2 Å². The maximum absolute atomic E-state index is 11.8. The number of carbonyl (C=O) groups is 2. The van der Waals surface area contributed by atoms with Gasteiger partial charge in [0.2, 0.25) is 0 Å². The molecule has 0 aliphatic carbocycles. The topological polar surface area (TPSA) is 63.6 Å². The molecule has 0 saturated heterocycles. The molecule has 0 spiro atoms. The third-order valence-corrected chi connectivity index (χ3v) is 2.80. The quantitative estimate of drug-likeness (QED) is 0.825. The number of ether oxygens (including phenoxy) is 1. The van der Waals surface area contributed by atoms with E-state index in [0.717, 1.165) is 10.9 Å². The molecule has 2 aromatic carbocycles. The van der Waals surface area contributed by atoms with Gasteiger partial charge in [0.15, 0.2) is 0 Å². The molecule has 0 unspecified atom stereocenters. The number of carbonyl (C=O) groups excluding carboxylic acids is 1. The predicted molar refractivity (Wildman–Crippen MR) is 67.0 cm³/mol. The van der Waals surface area contributed by atoms with Gasteiger partial charge in [0, 0.05) is 0 Å². The number of aryl methyl sites for hydroxylation is 1. The summed E-state index contributed by atoms with van der Waals surface area (Å²) in [5.74, 6) is -1.78. The van der Waals surface area contributed by atoms with Crippen LogP contribution in [0.5, 0.6) is 0 Å². The summed E-state index contributed by atoms with van der Waals surface area (Å²) in [4.78, 5) is 22.9. The van der Waals surface area contributed by atoms with Crippen molar-refractivity contribution in [1.29, 1.82) is 0 Å². The summed E-state index contributed by atoms with van der Waals surface area (Å²) in [6.45, 7) is 1.93. The van der Waals surface area contributed by atoms with Gasteiger partial charge in [-0.1, -0.05) is 29.8 Å². The standard InChI is InChI=1S/C14H12O4/c1-8-3-5-10-9(7-8)4-6-11(13(15)16)12(10)14(17)18-2/h3-7H,1-2H3,(H,15,16). The van der Waals surface area contributed by atoms with Gasteiger partial charge in [-0.3, -0.25) is 0 Å². The van der Waals surface area contributed by atoms with Crippen molar-refractivity contribution in [2.24, 2.45) is 0 Å². The Labute approximate surface area is 104 Å². The number of rotatable bonds is 2. The molecule has 0 atom stereocenters. The SMILES string of the molecule is COC(=O)c1c(C(=O)O)ccc2cc(C)ccc12. The monoisotopic (exact) mass is 244 g/mol. The van der Waals surface area contributed by atoms with Crippen molar-refractivity contribution in [1.82, 2.24) is 0 Å². The molecule has 1 N–H and O–H groups in total. The van der Waals surface area contributed by atoms with E-state index >= 15 is 0 Å². The number of fused-ring (bicyclic) bond motifs is 1. The minimum absolute atomic E-state index is 0.0433. The zero-order valence-corrected chi connectivity index (χ0v) is 10.1. The summed E-state index contributed by atoms with van der Waals surface area (Å²) < 4.78 is 4.66. The molecule has 18 heavy (non-hydrogen) atoms. The summed E-state index contributed by atoms with van der Waals surface area (Å²) >= 11 is 0. The molecule has 0 radical (unpaired) electrons. The minimum Gasteiger partial charge on any atom is -0.478 e. The maximum Gasteiger partial charge on any atom is 0.339 e. The fraction of sp³-hybridized carbons (Fsp3) is 0.143. The van der Waals surface area contributed by atoms with Crippen LogP contribution in [-0.4, -0.2) is 24.2 Å². The predicted octanol–water partition coefficient (Wildman–Crippen LogP) is 2.63. The van der Waals surface area contributed by atoms with Gasteiger partial charge in [0.1, 0.15) is 0 Å². The Balaban J connectivity index is 2.85. The Morgan fingerprint density at radius 3 is 2.50 bits per heavy atom. The highest BCUT2D eigenvalue weighted by Gasteiger charge is 2.20. The van der Waals surface area contributed by atoms with Crippen LogP contribution >= 0.6 is 0 Å². The van der Waals surface area contributed by atoms with E-state index in [1.807, 2.05) is 19.1 Å². The Morgan fingerprint density at radius 1 is 1.17 bits per heavy atom. The lowest BCUT2D eigenvalue weighted by Gasteiger charge is -2.09. The van der Waals surface area contributed by atoms with Crippen LogP contribution in [0.1, 0.15) is 26.3 Å². The van der Waals surface area contributed by atoms with Crippen LogP contribution in [0, 0.1) is 6.92 Å². The molecular weight excluding hydrogens is 232 g/mol. The first-order valence-corrected chi connectivity index (χ1v) is 5.39. The number of aromatic carboxylic acids is 1. The van der Waals surface area contributed by atoms with Crippen LogP contribution in [0.3, 0.4) is 0 Å². The number of hydrogen-bond acceptors (Lipinski definition) is 3. The molecule has 0 bridgehead atoms. The normalized spacial score (nSPS) is 10.3. The molecule has 2 rings (SSSR count). The van der Waals surface area contributed by atoms with E-state index in [9.17, 15) is 9.59 Å². The minimum atomic E-state index is -1.14. The van der Waals surface area contributed by atoms with Crippen LogP contribution in [0.25, 0.3) is 10.8 Å². The molecule has 92 valence electrons. The molecule has 0 aliphatic rings. The van der Waals surface area contributed by atoms with Crippen molar-refractivity contribution in [3.8, 4) is 0 Å². The largest absolute Gasteiger partial charge is 0.478 e. The van der Waals surface area contributed by atoms with Crippen LogP contribution < -0.4 is 0 Å². The molecule has 2 aromatic rings. The molecule has 0 heterocycles. The van der Waals surface area contributed by atoms with Gasteiger partial charge in [-0.05, 0) is 23.8 Å². The number of hydrogen-bond donors (Lipinski definition) is 1. The Bertz CT molecular complexity index is 644. The van der Waals surface area contributed by atoms with Gasteiger partial charge in [-0.25, -0.2) is 9.59 Å². The number of benzene rings is 2. The summed E-state index contributed by atoms with van der Waals surface area (Å²) in [6.07, 6.45) is 0. The Morgan fingerprint density at radius 2 is 1.89 bits per heavy atom. The number of methoxy groups -OCH3 is 1. The zero-order chi connectivity index (χ0) is 13.3. The number of carboxylic acid groups (broad SMARTS) is 1. The maximum atomic E-state index is 11.8. The molecule has 0 amide bonds. The van der Waals surface area contributed by atoms with E-state index in [4.69, 9.17) is 5.11 Å². The van der Waals surface area contributed by atoms with Crippen molar-refractivity contribution in [2.75, 3.05) is 7.11 Å². The average Bonchev–Trinajstić information content (AvgIpc) is 2.35. The van der Waals surface area contributed by atoms with Crippen LogP contribution in [0.4, 0.5) is 0 Å². The molecule has 0 aliphatic heterocycles. The lowest BCUT2D eigenvalue weighted by atomic mass is 9.97. The van der Waals surface area contributed by atoms with Crippen LogP contribution in [0.15, 0.2) is 30.3 Å². The van der Waals surface area contributed by atoms with Crippen LogP contribution in [-0.2, 0) is 4.74 Å². The van der Waals surface area contributed by atoms with Crippen LogP contribution in [0.2, 0.25) is 0 Å². The smallest absolute Gasteiger partial charge is 0.339 e. The highest BCUT2D eigenvalue weighted by Crippen LogP contribution is 2.24. The molecule has 0 aromatic heterocycles. The second-order valence-corrected chi connectivity index (χ2v) is 4.01. The van der Waals surface area contributed by atoms with Crippen molar-refractivity contribution in [3.63, 3.8) is 0 Å². The number of carboxylic acids is 1. The van der Waals surface area contributed by atoms with E-state index < -0.39 is 11.9 Å². The molecule has 0 saturated carbocycles. The molecule has 4 nitrogen and oxygen atoms in total. The van der Waals surface area contributed by atoms with Gasteiger partial charge >= 0.3 is 11.9 Å². The van der Waals surface area contributed by atoms with Gasteiger partial charge in [0.25, 0.3) is 0 Å². The fourth-order valence-electron chi connectivity index (χ4n) is 1.95. The van der Waals surface area contributed by atoms with Crippen molar-refractivity contribution in [3.05, 3.63) is 47.0 Å². The van der Waals surface area contributed by atoms with E-state index in [-0.39, 0.29) is 11.1 Å². The van der Waals surface area contributed by atoms with Crippen molar-refractivity contribution < 1.29 is 19.4 Å². The lowest BCUT2D eigenvalue weighted by Crippen LogP contribution is -2.10. The highest BCUT2D eigenvalue weighted by molar-refractivity contribution is 6.12. The van der Waals surface area contributed by atoms with Gasteiger partial charge in [0.05, 0.1) is 18.2 Å². The third kappa shape index (κ3) is 1.93. The van der Waals surface area contributed by atoms with Crippen molar-refractivity contribution >= 4 is 22.7 Å². The second kappa shape index (κ2) is 4.49. The first kappa shape index (κ1) is 12.1. The molecule has 4 heteroatoms. The highest BCUT2D eigenvalue weighted by atomic mass is 16.5. The fourth-order valence-corrected chi connectivity index (χ4v) is 1.95. The van der Waals surface area contributed by atoms with E-state index in [0.29, 0.717) is 5.39 Å². The summed E-state index contributed by atoms with van der Waals surface area (Å²) in [5.41, 5.74) is 1.10. The van der Waals surface area contributed by atoms with E-state index in [1.54, 1.807) is 12.1 Å². The van der Waals surface area contributed by atoms with Crippen molar-refractivity contribution in [2.45, 2.75) is 6.92 Å². The van der Waals surface area contributed by atoms with Gasteiger partial charge in [-0.2, -0.15) is 0 Å². The Kier molecular flexibility index (Phi) is 3.02. The van der Waals surface area contributed by atoms with E-state index in [2.05, 4.69) is 4.74 Å². The summed E-state index contributed by atoms with van der Waals surface area (Å²) in [5, 5.41) is 10.5. The first-order chi connectivity index (χ1) is 8.54. The number of esters is 1. The lowest BCUT2D eigenvalue weighted by molar-refractivity contribution is 0.0585. The summed E-state index contributed by atoms with van der Waals surface area (Å²) in [7, 11) is 1.24. The second-order valence-electron chi connectivity index (χ2n) is 4.01. The summed E-state index contributed by atoms with van der Waals surface area (Å²) in [6, 6.07) is 8.59. The zero-order valence-electron chi connectivity index (χ0n) is 10.1. The van der Waals surface area contributed by atoms with Gasteiger partial charge < -0.3 is 9.84 Å². The molecule has 0 fully saturated rings.